The van der Waals surface area contributed by atoms with Crippen LogP contribution in [0.5, 0.6) is 0 Å². The summed E-state index contributed by atoms with van der Waals surface area (Å²) in [5.74, 6) is 0. The third-order valence-corrected chi connectivity index (χ3v) is 3.37. The van der Waals surface area contributed by atoms with Crippen molar-refractivity contribution in [2.45, 2.75) is 80.4 Å². The molecule has 0 radical (unpaired) electrons. The first kappa shape index (κ1) is 19.2. The van der Waals surface area contributed by atoms with Crippen LogP contribution in [0, 0.1) is 5.41 Å². The van der Waals surface area contributed by atoms with Crippen molar-refractivity contribution in [3.63, 3.8) is 0 Å². The van der Waals surface area contributed by atoms with Crippen LogP contribution in [0.25, 0.3) is 0 Å². The molecule has 1 unspecified atom stereocenters. The second kappa shape index (κ2) is 8.51. The van der Waals surface area contributed by atoms with E-state index in [0.29, 0.717) is 0 Å². The van der Waals surface area contributed by atoms with Crippen molar-refractivity contribution in [2.75, 3.05) is 6.54 Å². The SMILES string of the molecule is C=C(C)N(CC(OC(C)C)C(C)(C)C)/C(C)=C/CCC. The summed E-state index contributed by atoms with van der Waals surface area (Å²) < 4.78 is 6.14. The Balaban J connectivity index is 5.06. The first-order valence-electron chi connectivity index (χ1n) is 7.84. The highest BCUT2D eigenvalue weighted by Gasteiger charge is 2.28. The summed E-state index contributed by atoms with van der Waals surface area (Å²) >= 11 is 0. The van der Waals surface area contributed by atoms with Gasteiger partial charge in [-0.15, -0.1) is 0 Å². The monoisotopic (exact) mass is 281 g/mol. The summed E-state index contributed by atoms with van der Waals surface area (Å²) in [6.07, 6.45) is 5.01. The average Bonchev–Trinajstić information content (AvgIpc) is 2.28. The van der Waals surface area contributed by atoms with Crippen molar-refractivity contribution in [2.24, 2.45) is 5.41 Å². The Hall–Kier alpha value is -0.760. The highest BCUT2D eigenvalue weighted by Crippen LogP contribution is 2.26. The summed E-state index contributed by atoms with van der Waals surface area (Å²) in [5.41, 5.74) is 2.47. The highest BCUT2D eigenvalue weighted by molar-refractivity contribution is 5.08. The second-order valence-corrected chi connectivity index (χ2v) is 7.02. The van der Waals surface area contributed by atoms with E-state index in [0.717, 1.165) is 18.7 Å². The van der Waals surface area contributed by atoms with Crippen molar-refractivity contribution < 1.29 is 4.74 Å². The number of hydrogen-bond acceptors (Lipinski definition) is 2. The smallest absolute Gasteiger partial charge is 0.0805 e. The number of ether oxygens (including phenoxy) is 1. The quantitative estimate of drug-likeness (QED) is 0.593. The van der Waals surface area contributed by atoms with Gasteiger partial charge in [0.15, 0.2) is 0 Å². The van der Waals surface area contributed by atoms with E-state index >= 15 is 0 Å². The van der Waals surface area contributed by atoms with Gasteiger partial charge in [-0.3, -0.25) is 0 Å². The minimum Gasteiger partial charge on any atom is -0.373 e. The largest absolute Gasteiger partial charge is 0.373 e. The molecule has 2 heteroatoms. The Morgan fingerprint density at radius 1 is 1.25 bits per heavy atom. The van der Waals surface area contributed by atoms with Gasteiger partial charge in [0.25, 0.3) is 0 Å². The minimum atomic E-state index is 0.114. The molecule has 0 aromatic heterocycles. The van der Waals surface area contributed by atoms with Gasteiger partial charge >= 0.3 is 0 Å². The molecular weight excluding hydrogens is 246 g/mol. The van der Waals surface area contributed by atoms with E-state index < -0.39 is 0 Å². The van der Waals surface area contributed by atoms with Gasteiger partial charge < -0.3 is 9.64 Å². The lowest BCUT2D eigenvalue weighted by atomic mass is 9.88. The van der Waals surface area contributed by atoms with Gasteiger partial charge in [0.05, 0.1) is 12.2 Å². The van der Waals surface area contributed by atoms with Crippen LogP contribution < -0.4 is 0 Å². The van der Waals surface area contributed by atoms with E-state index in [1.165, 1.54) is 12.1 Å². The number of nitrogens with zero attached hydrogens (tertiary/aromatic N) is 1. The van der Waals surface area contributed by atoms with Crippen LogP contribution in [0.2, 0.25) is 0 Å². The fourth-order valence-corrected chi connectivity index (χ4v) is 2.08. The molecule has 0 bridgehead atoms. The zero-order valence-electron chi connectivity index (χ0n) is 14.9. The van der Waals surface area contributed by atoms with Crippen molar-refractivity contribution in [3.05, 3.63) is 24.0 Å². The maximum Gasteiger partial charge on any atom is 0.0805 e. The van der Waals surface area contributed by atoms with Crippen molar-refractivity contribution in [3.8, 4) is 0 Å². The molecule has 1 atom stereocenters. The zero-order valence-corrected chi connectivity index (χ0v) is 14.9. The number of allylic oxidation sites excluding steroid dienone is 3. The molecule has 0 aliphatic heterocycles. The van der Waals surface area contributed by atoms with Crippen molar-refractivity contribution >= 4 is 0 Å². The van der Waals surface area contributed by atoms with Gasteiger partial charge in [0.2, 0.25) is 0 Å². The molecule has 0 saturated carbocycles. The van der Waals surface area contributed by atoms with Gasteiger partial charge in [0, 0.05) is 17.9 Å². The standard InChI is InChI=1S/C18H35NO/c1-10-11-12-16(6)19(14(2)3)13-17(18(7,8)9)20-15(4)5/h12,15,17H,2,10-11,13H2,1,3-9H3/b16-12+. The van der Waals surface area contributed by atoms with Crippen LogP contribution in [0.15, 0.2) is 24.0 Å². The minimum absolute atomic E-state index is 0.114. The molecule has 20 heavy (non-hydrogen) atoms. The summed E-state index contributed by atoms with van der Waals surface area (Å²) in [7, 11) is 0. The molecule has 0 aliphatic rings. The lowest BCUT2D eigenvalue weighted by Crippen LogP contribution is -2.41. The van der Waals surface area contributed by atoms with Gasteiger partial charge in [-0.05, 0) is 39.5 Å². The maximum absolute atomic E-state index is 6.14. The Morgan fingerprint density at radius 2 is 1.80 bits per heavy atom. The predicted octanol–water partition coefficient (Wildman–Crippen LogP) is 5.37. The van der Waals surface area contributed by atoms with Crippen molar-refractivity contribution in [1.82, 2.24) is 4.90 Å². The Labute approximate surface area is 126 Å². The van der Waals surface area contributed by atoms with Gasteiger partial charge in [-0.2, -0.15) is 0 Å². The van der Waals surface area contributed by atoms with Gasteiger partial charge in [-0.1, -0.05) is 46.8 Å². The molecule has 0 aliphatic carbocycles. The normalized spacial score (nSPS) is 14.6. The predicted molar refractivity (Wildman–Crippen MR) is 89.6 cm³/mol. The van der Waals surface area contributed by atoms with E-state index in [1.807, 2.05) is 0 Å². The molecular formula is C18H35NO. The van der Waals surface area contributed by atoms with Crippen LogP contribution in [0.4, 0.5) is 0 Å². The third kappa shape index (κ3) is 7.14. The number of hydrogen-bond donors (Lipinski definition) is 0. The second-order valence-electron chi connectivity index (χ2n) is 7.02. The van der Waals surface area contributed by atoms with Crippen LogP contribution in [-0.2, 0) is 4.74 Å². The van der Waals surface area contributed by atoms with Crippen LogP contribution in [-0.4, -0.2) is 23.7 Å². The molecule has 2 nitrogen and oxygen atoms in total. The summed E-state index contributed by atoms with van der Waals surface area (Å²) in [6, 6.07) is 0. The van der Waals surface area contributed by atoms with Crippen LogP contribution in [0.1, 0.15) is 68.2 Å². The zero-order chi connectivity index (χ0) is 15.9. The van der Waals surface area contributed by atoms with E-state index in [1.54, 1.807) is 0 Å². The molecule has 118 valence electrons. The first-order chi connectivity index (χ1) is 9.09. The van der Waals surface area contributed by atoms with E-state index in [-0.39, 0.29) is 17.6 Å². The van der Waals surface area contributed by atoms with Gasteiger partial charge in [-0.25, -0.2) is 0 Å². The Morgan fingerprint density at radius 3 is 2.15 bits per heavy atom. The molecule has 0 N–H and O–H groups in total. The van der Waals surface area contributed by atoms with E-state index in [9.17, 15) is 0 Å². The maximum atomic E-state index is 6.14. The van der Waals surface area contributed by atoms with E-state index in [2.05, 4.69) is 72.9 Å². The molecule has 0 aromatic rings. The average molecular weight is 281 g/mol. The Kier molecular flexibility index (Phi) is 8.19. The highest BCUT2D eigenvalue weighted by atomic mass is 16.5. The number of rotatable bonds is 8. The topological polar surface area (TPSA) is 12.5 Å². The molecule has 0 spiro atoms. The molecule has 0 saturated heterocycles. The fraction of sp³-hybridized carbons (Fsp3) is 0.778. The molecule has 0 fully saturated rings. The molecule has 0 amide bonds. The molecule has 0 heterocycles. The van der Waals surface area contributed by atoms with Crippen LogP contribution >= 0.6 is 0 Å². The summed E-state index contributed by atoms with van der Waals surface area (Å²) in [5, 5.41) is 0. The molecule has 0 rings (SSSR count). The third-order valence-electron chi connectivity index (χ3n) is 3.37. The lowest BCUT2D eigenvalue weighted by Gasteiger charge is -2.38. The number of unbranched alkanes of at least 4 members (excludes halogenated alkanes) is 1. The Bertz CT molecular complexity index is 323. The van der Waals surface area contributed by atoms with Gasteiger partial charge in [0.1, 0.15) is 0 Å². The van der Waals surface area contributed by atoms with Crippen molar-refractivity contribution in [1.29, 1.82) is 0 Å². The summed E-state index contributed by atoms with van der Waals surface area (Å²) in [4.78, 5) is 2.29. The van der Waals surface area contributed by atoms with E-state index in [4.69, 9.17) is 4.74 Å². The van der Waals surface area contributed by atoms with Crippen LogP contribution in [0.3, 0.4) is 0 Å². The lowest BCUT2D eigenvalue weighted by molar-refractivity contribution is -0.0604. The first-order valence-corrected chi connectivity index (χ1v) is 7.84. The molecule has 0 aromatic carbocycles. The fourth-order valence-electron chi connectivity index (χ4n) is 2.08. The summed E-state index contributed by atoms with van der Waals surface area (Å²) in [6.45, 7) is 22.3.